The lowest BCUT2D eigenvalue weighted by Gasteiger charge is -2.42. The summed E-state index contributed by atoms with van der Waals surface area (Å²) in [6.07, 6.45) is 1.47. The standard InChI is InChI=1S/C15H23N3O4/c1-11(19)18-9-12(10-18)14(20)16-4-6-17(7-5-16)15(21)13-3-2-8-22-13/h12-13H,2-10H2,1H3. The number of carbonyl (C=O) groups is 3. The van der Waals surface area contributed by atoms with Crippen LogP contribution in [-0.4, -0.2) is 84.4 Å². The van der Waals surface area contributed by atoms with E-state index < -0.39 is 0 Å². The number of rotatable bonds is 2. The van der Waals surface area contributed by atoms with Crippen molar-refractivity contribution < 1.29 is 19.1 Å². The lowest BCUT2D eigenvalue weighted by molar-refractivity contribution is -0.152. The summed E-state index contributed by atoms with van der Waals surface area (Å²) in [6, 6.07) is 0. The van der Waals surface area contributed by atoms with Gasteiger partial charge in [0.2, 0.25) is 11.8 Å². The molecule has 3 heterocycles. The van der Waals surface area contributed by atoms with Gasteiger partial charge in [-0.3, -0.25) is 14.4 Å². The zero-order chi connectivity index (χ0) is 15.7. The lowest BCUT2D eigenvalue weighted by Crippen LogP contribution is -2.59. The van der Waals surface area contributed by atoms with Crippen LogP contribution in [0.3, 0.4) is 0 Å². The van der Waals surface area contributed by atoms with Crippen LogP contribution >= 0.6 is 0 Å². The minimum Gasteiger partial charge on any atom is -0.368 e. The first-order valence-electron chi connectivity index (χ1n) is 8.01. The van der Waals surface area contributed by atoms with Crippen molar-refractivity contribution in [3.05, 3.63) is 0 Å². The Balaban J connectivity index is 1.44. The Morgan fingerprint density at radius 3 is 2.00 bits per heavy atom. The largest absolute Gasteiger partial charge is 0.368 e. The molecule has 22 heavy (non-hydrogen) atoms. The van der Waals surface area contributed by atoms with Crippen molar-refractivity contribution in [2.45, 2.75) is 25.9 Å². The highest BCUT2D eigenvalue weighted by Crippen LogP contribution is 2.20. The van der Waals surface area contributed by atoms with Crippen LogP contribution in [-0.2, 0) is 19.1 Å². The first kappa shape index (κ1) is 15.3. The molecule has 3 amide bonds. The van der Waals surface area contributed by atoms with Crippen molar-refractivity contribution in [3.8, 4) is 0 Å². The fourth-order valence-electron chi connectivity index (χ4n) is 3.27. The molecule has 3 fully saturated rings. The normalized spacial score (nSPS) is 26.0. The van der Waals surface area contributed by atoms with Crippen molar-refractivity contribution in [2.75, 3.05) is 45.9 Å². The minimum absolute atomic E-state index is 0.0241. The van der Waals surface area contributed by atoms with E-state index in [1.807, 2.05) is 9.80 Å². The van der Waals surface area contributed by atoms with Crippen molar-refractivity contribution in [1.29, 1.82) is 0 Å². The molecule has 3 saturated heterocycles. The summed E-state index contributed by atoms with van der Waals surface area (Å²) in [6.45, 7) is 5.56. The van der Waals surface area contributed by atoms with Gasteiger partial charge in [-0.15, -0.1) is 0 Å². The summed E-state index contributed by atoms with van der Waals surface area (Å²) < 4.78 is 5.43. The monoisotopic (exact) mass is 309 g/mol. The number of amides is 3. The van der Waals surface area contributed by atoms with E-state index in [-0.39, 0.29) is 29.7 Å². The van der Waals surface area contributed by atoms with Crippen LogP contribution in [0, 0.1) is 5.92 Å². The maximum absolute atomic E-state index is 12.3. The summed E-state index contributed by atoms with van der Waals surface area (Å²) in [4.78, 5) is 41.1. The molecule has 1 atom stereocenters. The average Bonchev–Trinajstić information content (AvgIpc) is 2.98. The summed E-state index contributed by atoms with van der Waals surface area (Å²) >= 11 is 0. The number of hydrogen-bond acceptors (Lipinski definition) is 4. The molecule has 0 aliphatic carbocycles. The molecule has 0 aromatic carbocycles. The Kier molecular flexibility index (Phi) is 4.33. The predicted octanol–water partition coefficient (Wildman–Crippen LogP) is -0.685. The highest BCUT2D eigenvalue weighted by Gasteiger charge is 2.38. The van der Waals surface area contributed by atoms with Crippen LogP contribution in [0.2, 0.25) is 0 Å². The molecule has 0 radical (unpaired) electrons. The third-order valence-corrected chi connectivity index (χ3v) is 4.78. The number of likely N-dealkylation sites (tertiary alicyclic amines) is 1. The summed E-state index contributed by atoms with van der Waals surface area (Å²) in [5.41, 5.74) is 0. The Morgan fingerprint density at radius 1 is 0.909 bits per heavy atom. The van der Waals surface area contributed by atoms with E-state index in [1.54, 1.807) is 4.90 Å². The van der Waals surface area contributed by atoms with Gasteiger partial charge in [0.25, 0.3) is 5.91 Å². The van der Waals surface area contributed by atoms with Gasteiger partial charge in [0.05, 0.1) is 5.92 Å². The molecule has 122 valence electrons. The van der Waals surface area contributed by atoms with Gasteiger partial charge in [0, 0.05) is 52.8 Å². The maximum Gasteiger partial charge on any atom is 0.251 e. The fraction of sp³-hybridized carbons (Fsp3) is 0.800. The molecule has 7 nitrogen and oxygen atoms in total. The molecule has 0 spiro atoms. The van der Waals surface area contributed by atoms with Gasteiger partial charge < -0.3 is 19.4 Å². The minimum atomic E-state index is -0.280. The Hall–Kier alpha value is -1.63. The third-order valence-electron chi connectivity index (χ3n) is 4.78. The van der Waals surface area contributed by atoms with Crippen LogP contribution in [0.25, 0.3) is 0 Å². The van der Waals surface area contributed by atoms with Crippen molar-refractivity contribution in [1.82, 2.24) is 14.7 Å². The highest BCUT2D eigenvalue weighted by molar-refractivity contribution is 5.84. The Labute approximate surface area is 130 Å². The SMILES string of the molecule is CC(=O)N1CC(C(=O)N2CCN(C(=O)C3CCCO3)CC2)C1. The predicted molar refractivity (Wildman–Crippen MR) is 77.9 cm³/mol. The molecular weight excluding hydrogens is 286 g/mol. The number of carbonyl (C=O) groups excluding carboxylic acids is 3. The molecule has 3 aliphatic rings. The van der Waals surface area contributed by atoms with E-state index >= 15 is 0 Å². The van der Waals surface area contributed by atoms with Gasteiger partial charge in [-0.1, -0.05) is 0 Å². The van der Waals surface area contributed by atoms with Crippen LogP contribution in [0.4, 0.5) is 0 Å². The number of ether oxygens (including phenoxy) is 1. The van der Waals surface area contributed by atoms with Crippen LogP contribution < -0.4 is 0 Å². The molecule has 0 aromatic heterocycles. The van der Waals surface area contributed by atoms with E-state index in [1.165, 1.54) is 6.92 Å². The van der Waals surface area contributed by atoms with Crippen molar-refractivity contribution in [3.63, 3.8) is 0 Å². The molecule has 0 aromatic rings. The smallest absolute Gasteiger partial charge is 0.251 e. The number of nitrogens with zero attached hydrogens (tertiary/aromatic N) is 3. The summed E-state index contributed by atoms with van der Waals surface area (Å²) in [5.74, 6) is 0.137. The number of hydrogen-bond donors (Lipinski definition) is 0. The first-order chi connectivity index (χ1) is 10.6. The number of piperazine rings is 1. The first-order valence-corrected chi connectivity index (χ1v) is 8.01. The topological polar surface area (TPSA) is 70.2 Å². The zero-order valence-electron chi connectivity index (χ0n) is 13.0. The van der Waals surface area contributed by atoms with Crippen molar-refractivity contribution in [2.24, 2.45) is 5.92 Å². The zero-order valence-corrected chi connectivity index (χ0v) is 13.0. The fourth-order valence-corrected chi connectivity index (χ4v) is 3.27. The van der Waals surface area contributed by atoms with E-state index in [4.69, 9.17) is 4.74 Å². The molecule has 3 rings (SSSR count). The van der Waals surface area contributed by atoms with E-state index in [2.05, 4.69) is 0 Å². The van der Waals surface area contributed by atoms with E-state index in [0.717, 1.165) is 12.8 Å². The van der Waals surface area contributed by atoms with Gasteiger partial charge in [-0.05, 0) is 12.8 Å². The second-order valence-electron chi connectivity index (χ2n) is 6.27. The van der Waals surface area contributed by atoms with Crippen LogP contribution in [0.15, 0.2) is 0 Å². The Bertz CT molecular complexity index is 461. The third kappa shape index (κ3) is 2.95. The molecule has 1 unspecified atom stereocenters. The molecule has 0 saturated carbocycles. The molecule has 3 aliphatic heterocycles. The molecular formula is C15H23N3O4. The van der Waals surface area contributed by atoms with E-state index in [9.17, 15) is 14.4 Å². The highest BCUT2D eigenvalue weighted by atomic mass is 16.5. The average molecular weight is 309 g/mol. The second-order valence-corrected chi connectivity index (χ2v) is 6.27. The van der Waals surface area contributed by atoms with Gasteiger partial charge in [0.1, 0.15) is 6.10 Å². The lowest BCUT2D eigenvalue weighted by atomic mass is 9.98. The molecule has 0 N–H and O–H groups in total. The quantitative estimate of drug-likeness (QED) is 0.677. The van der Waals surface area contributed by atoms with Crippen LogP contribution in [0.1, 0.15) is 19.8 Å². The maximum atomic E-state index is 12.3. The molecule has 7 heteroatoms. The summed E-state index contributed by atoms with van der Waals surface area (Å²) in [7, 11) is 0. The van der Waals surface area contributed by atoms with Gasteiger partial charge in [0.15, 0.2) is 0 Å². The van der Waals surface area contributed by atoms with Gasteiger partial charge >= 0.3 is 0 Å². The summed E-state index contributed by atoms with van der Waals surface area (Å²) in [5, 5.41) is 0. The van der Waals surface area contributed by atoms with Gasteiger partial charge in [-0.2, -0.15) is 0 Å². The van der Waals surface area contributed by atoms with E-state index in [0.29, 0.717) is 45.9 Å². The Morgan fingerprint density at radius 2 is 1.50 bits per heavy atom. The molecule has 0 bridgehead atoms. The van der Waals surface area contributed by atoms with Gasteiger partial charge in [-0.25, -0.2) is 0 Å². The second kappa shape index (κ2) is 6.24. The van der Waals surface area contributed by atoms with Crippen LogP contribution in [0.5, 0.6) is 0 Å². The van der Waals surface area contributed by atoms with Crippen molar-refractivity contribution >= 4 is 17.7 Å².